The Balaban J connectivity index is 4.36. The van der Waals surface area contributed by atoms with Crippen molar-refractivity contribution in [3.05, 3.63) is 0 Å². The molecule has 0 aromatic heterocycles. The van der Waals surface area contributed by atoms with Crippen LogP contribution in [0.2, 0.25) is 0 Å². The molecule has 6 nitrogen and oxygen atoms in total. The van der Waals surface area contributed by atoms with Crippen molar-refractivity contribution in [3.8, 4) is 0 Å². The molecule has 0 aromatic rings. The van der Waals surface area contributed by atoms with Gasteiger partial charge >= 0.3 is 17.9 Å². The van der Waals surface area contributed by atoms with Crippen LogP contribution in [0.5, 0.6) is 0 Å². The summed E-state index contributed by atoms with van der Waals surface area (Å²) in [5.41, 5.74) is 0. The summed E-state index contributed by atoms with van der Waals surface area (Å²) in [6.45, 7) is 8.91. The Labute approximate surface area is 291 Å². The van der Waals surface area contributed by atoms with E-state index in [1.165, 1.54) is 116 Å². The van der Waals surface area contributed by atoms with Gasteiger partial charge in [-0.25, -0.2) is 0 Å². The molecule has 2 atom stereocenters. The minimum absolute atomic E-state index is 0.0656. The lowest BCUT2D eigenvalue weighted by Gasteiger charge is -2.18. The van der Waals surface area contributed by atoms with Gasteiger partial charge in [0.15, 0.2) is 6.10 Å². The molecule has 0 saturated carbocycles. The predicted octanol–water partition coefficient (Wildman–Crippen LogP) is 12.4. The van der Waals surface area contributed by atoms with E-state index in [1.807, 2.05) is 0 Å². The van der Waals surface area contributed by atoms with Crippen LogP contribution in [0.3, 0.4) is 0 Å². The molecule has 0 spiro atoms. The topological polar surface area (TPSA) is 78.9 Å². The molecule has 0 N–H and O–H groups in total. The minimum Gasteiger partial charge on any atom is -0.462 e. The summed E-state index contributed by atoms with van der Waals surface area (Å²) in [7, 11) is 0. The van der Waals surface area contributed by atoms with Crippen LogP contribution in [-0.2, 0) is 28.6 Å². The molecule has 0 aliphatic carbocycles. The van der Waals surface area contributed by atoms with E-state index in [-0.39, 0.29) is 31.1 Å². The molecule has 278 valence electrons. The van der Waals surface area contributed by atoms with Crippen molar-refractivity contribution in [1.29, 1.82) is 0 Å². The second-order valence-electron chi connectivity index (χ2n) is 14.2. The van der Waals surface area contributed by atoms with Crippen LogP contribution in [0, 0.1) is 5.92 Å². The van der Waals surface area contributed by atoms with Crippen LogP contribution < -0.4 is 0 Å². The molecule has 0 rings (SSSR count). The van der Waals surface area contributed by atoms with E-state index in [4.69, 9.17) is 14.2 Å². The Kier molecular flexibility index (Phi) is 34.5. The van der Waals surface area contributed by atoms with Gasteiger partial charge in [0.1, 0.15) is 13.2 Å². The third kappa shape index (κ3) is 34.1. The first-order chi connectivity index (χ1) is 22.9. The third-order valence-electron chi connectivity index (χ3n) is 9.40. The Bertz CT molecular complexity index is 708. The Morgan fingerprint density at radius 1 is 0.426 bits per heavy atom. The van der Waals surface area contributed by atoms with Crippen LogP contribution >= 0.6 is 0 Å². The first-order valence-corrected chi connectivity index (χ1v) is 20.4. The van der Waals surface area contributed by atoms with Crippen molar-refractivity contribution in [2.45, 2.75) is 226 Å². The lowest BCUT2D eigenvalue weighted by Crippen LogP contribution is -2.30. The summed E-state index contributed by atoms with van der Waals surface area (Å²) in [6, 6.07) is 0. The van der Waals surface area contributed by atoms with E-state index in [0.717, 1.165) is 63.7 Å². The average molecular weight is 667 g/mol. The number of unbranched alkanes of at least 4 members (excludes halogenated alkanes) is 22. The summed E-state index contributed by atoms with van der Waals surface area (Å²) < 4.78 is 16.6. The highest BCUT2D eigenvalue weighted by Gasteiger charge is 2.19. The first kappa shape index (κ1) is 45.4. The average Bonchev–Trinajstić information content (AvgIpc) is 3.07. The lowest BCUT2D eigenvalue weighted by atomic mass is 10.00. The lowest BCUT2D eigenvalue weighted by molar-refractivity contribution is -0.167. The maximum absolute atomic E-state index is 12.6. The molecular weight excluding hydrogens is 588 g/mol. The maximum Gasteiger partial charge on any atom is 0.306 e. The SMILES string of the molecule is CCCCCCCCCCCCC(=O)OC[C@H](COC(=O)CCCCCCCCCCC)OC(=O)CCCCCCCCC(C)CC. The predicted molar refractivity (Wildman–Crippen MR) is 196 cm³/mol. The van der Waals surface area contributed by atoms with Crippen molar-refractivity contribution in [2.75, 3.05) is 13.2 Å². The highest BCUT2D eigenvalue weighted by atomic mass is 16.6. The fourth-order valence-corrected chi connectivity index (χ4v) is 5.89. The zero-order chi connectivity index (χ0) is 34.6. The molecule has 0 radical (unpaired) electrons. The number of carbonyl (C=O) groups excluding carboxylic acids is 3. The zero-order valence-corrected chi connectivity index (χ0v) is 31.7. The number of carbonyl (C=O) groups is 3. The molecule has 0 amide bonds. The van der Waals surface area contributed by atoms with E-state index in [0.29, 0.717) is 19.3 Å². The molecular formula is C41H78O6. The van der Waals surface area contributed by atoms with E-state index in [2.05, 4.69) is 27.7 Å². The van der Waals surface area contributed by atoms with Gasteiger partial charge in [-0.1, -0.05) is 182 Å². The molecule has 1 unspecified atom stereocenters. The fourth-order valence-electron chi connectivity index (χ4n) is 5.89. The maximum atomic E-state index is 12.6. The van der Waals surface area contributed by atoms with Crippen molar-refractivity contribution >= 4 is 17.9 Å². The smallest absolute Gasteiger partial charge is 0.306 e. The summed E-state index contributed by atoms with van der Waals surface area (Å²) in [4.78, 5) is 37.4. The summed E-state index contributed by atoms with van der Waals surface area (Å²) >= 11 is 0. The number of esters is 3. The van der Waals surface area contributed by atoms with Crippen LogP contribution in [0.1, 0.15) is 220 Å². The number of ether oxygens (including phenoxy) is 3. The van der Waals surface area contributed by atoms with Crippen molar-refractivity contribution in [2.24, 2.45) is 5.92 Å². The molecule has 6 heteroatoms. The number of hydrogen-bond acceptors (Lipinski definition) is 6. The van der Waals surface area contributed by atoms with Crippen LogP contribution in [-0.4, -0.2) is 37.2 Å². The Morgan fingerprint density at radius 2 is 0.745 bits per heavy atom. The third-order valence-corrected chi connectivity index (χ3v) is 9.40. The van der Waals surface area contributed by atoms with Gasteiger partial charge in [0.05, 0.1) is 0 Å². The summed E-state index contributed by atoms with van der Waals surface area (Å²) in [6.07, 6.45) is 32.3. The molecule has 0 aliphatic rings. The van der Waals surface area contributed by atoms with E-state index < -0.39 is 6.10 Å². The fraction of sp³-hybridized carbons (Fsp3) is 0.927. The van der Waals surface area contributed by atoms with E-state index in [1.54, 1.807) is 0 Å². The molecule has 0 fully saturated rings. The normalized spacial score (nSPS) is 12.5. The number of hydrogen-bond donors (Lipinski definition) is 0. The molecule has 47 heavy (non-hydrogen) atoms. The highest BCUT2D eigenvalue weighted by Crippen LogP contribution is 2.16. The molecule has 0 heterocycles. The highest BCUT2D eigenvalue weighted by molar-refractivity contribution is 5.71. The summed E-state index contributed by atoms with van der Waals surface area (Å²) in [5.74, 6) is -0.0580. The van der Waals surface area contributed by atoms with Gasteiger partial charge in [-0.05, 0) is 25.2 Å². The second-order valence-corrected chi connectivity index (χ2v) is 14.2. The Morgan fingerprint density at radius 3 is 1.11 bits per heavy atom. The molecule has 0 aliphatic heterocycles. The largest absolute Gasteiger partial charge is 0.462 e. The van der Waals surface area contributed by atoms with Gasteiger partial charge < -0.3 is 14.2 Å². The first-order valence-electron chi connectivity index (χ1n) is 20.4. The van der Waals surface area contributed by atoms with Gasteiger partial charge in [-0.2, -0.15) is 0 Å². The zero-order valence-electron chi connectivity index (χ0n) is 31.7. The van der Waals surface area contributed by atoms with Crippen LogP contribution in [0.4, 0.5) is 0 Å². The van der Waals surface area contributed by atoms with Gasteiger partial charge in [0, 0.05) is 19.3 Å². The van der Waals surface area contributed by atoms with Crippen molar-refractivity contribution in [1.82, 2.24) is 0 Å². The molecule has 0 aromatic carbocycles. The summed E-state index contributed by atoms with van der Waals surface area (Å²) in [5, 5.41) is 0. The monoisotopic (exact) mass is 667 g/mol. The van der Waals surface area contributed by atoms with Gasteiger partial charge in [-0.15, -0.1) is 0 Å². The van der Waals surface area contributed by atoms with E-state index in [9.17, 15) is 14.4 Å². The van der Waals surface area contributed by atoms with Crippen molar-refractivity contribution in [3.63, 3.8) is 0 Å². The second kappa shape index (κ2) is 35.7. The van der Waals surface area contributed by atoms with Gasteiger partial charge in [0.25, 0.3) is 0 Å². The molecule has 0 bridgehead atoms. The Hall–Kier alpha value is -1.59. The van der Waals surface area contributed by atoms with Gasteiger partial charge in [-0.3, -0.25) is 14.4 Å². The standard InChI is InChI=1S/C41H78O6/c1-5-8-10-12-14-16-18-20-25-29-33-40(43)46-36-38(35-45-39(42)32-28-24-19-17-15-13-11-9-6-2)47-41(44)34-30-26-22-21-23-27-31-37(4)7-3/h37-38H,5-36H2,1-4H3/t37?,38-/m0/s1. The van der Waals surface area contributed by atoms with Crippen LogP contribution in [0.25, 0.3) is 0 Å². The quantitative estimate of drug-likeness (QED) is 0.0376. The van der Waals surface area contributed by atoms with Crippen molar-refractivity contribution < 1.29 is 28.6 Å². The van der Waals surface area contributed by atoms with E-state index >= 15 is 0 Å². The van der Waals surface area contributed by atoms with Gasteiger partial charge in [0.2, 0.25) is 0 Å². The minimum atomic E-state index is -0.758. The van der Waals surface area contributed by atoms with Crippen LogP contribution in [0.15, 0.2) is 0 Å². The number of rotatable bonds is 36. The molecule has 0 saturated heterocycles.